The predicted molar refractivity (Wildman–Crippen MR) is 57.4 cm³/mol. The van der Waals surface area contributed by atoms with E-state index in [2.05, 4.69) is 14.9 Å². The van der Waals surface area contributed by atoms with Crippen LogP contribution < -0.4 is 0 Å². The Hall–Kier alpha value is -1.69. The Morgan fingerprint density at radius 2 is 2.24 bits per heavy atom. The zero-order valence-corrected chi connectivity index (χ0v) is 9.39. The molecular weight excluding hydrogens is 254 g/mol. The number of aromatic amines is 1. The van der Waals surface area contributed by atoms with Gasteiger partial charge in [-0.25, -0.2) is 13.6 Å². The molecule has 2 aromatic rings. The number of rotatable bonds is 2. The first kappa shape index (κ1) is 11.8. The Morgan fingerprint density at radius 3 is 2.82 bits per heavy atom. The number of aromatic nitrogens is 2. The summed E-state index contributed by atoms with van der Waals surface area (Å²) in [6.45, 7) is 0. The maximum absolute atomic E-state index is 12.7. The van der Waals surface area contributed by atoms with Crippen LogP contribution in [0.1, 0.15) is 22.5 Å². The third-order valence-corrected chi connectivity index (χ3v) is 2.49. The van der Waals surface area contributed by atoms with E-state index in [0.29, 0.717) is 0 Å². The predicted octanol–water partition coefficient (Wildman–Crippen LogP) is 2.94. The lowest BCUT2D eigenvalue weighted by atomic mass is 10.1. The molecule has 4 nitrogen and oxygen atoms in total. The highest BCUT2D eigenvalue weighted by atomic mass is 35.5. The Bertz CT molecular complexity index is 583. The van der Waals surface area contributed by atoms with Gasteiger partial charge < -0.3 is 4.74 Å². The van der Waals surface area contributed by atoms with E-state index in [4.69, 9.17) is 11.6 Å². The minimum atomic E-state index is -2.76. The van der Waals surface area contributed by atoms with Gasteiger partial charge in [-0.3, -0.25) is 5.10 Å². The molecule has 0 saturated carbocycles. The summed E-state index contributed by atoms with van der Waals surface area (Å²) in [7, 11) is 1.16. The summed E-state index contributed by atoms with van der Waals surface area (Å²) in [5.74, 6) is -0.735. The minimum absolute atomic E-state index is 0.0287. The van der Waals surface area contributed by atoms with Crippen LogP contribution in [0.25, 0.3) is 10.9 Å². The van der Waals surface area contributed by atoms with E-state index in [0.717, 1.165) is 7.11 Å². The molecule has 90 valence electrons. The van der Waals surface area contributed by atoms with E-state index in [1.807, 2.05) is 0 Å². The summed E-state index contributed by atoms with van der Waals surface area (Å²) < 4.78 is 30.0. The van der Waals surface area contributed by atoms with Gasteiger partial charge in [0.15, 0.2) is 0 Å². The molecule has 0 aliphatic rings. The average molecular weight is 261 g/mol. The monoisotopic (exact) mass is 260 g/mol. The summed E-state index contributed by atoms with van der Waals surface area (Å²) in [5, 5.41) is 6.14. The van der Waals surface area contributed by atoms with Crippen molar-refractivity contribution in [2.24, 2.45) is 0 Å². The molecule has 0 aliphatic carbocycles. The summed E-state index contributed by atoms with van der Waals surface area (Å²) in [6, 6.07) is 2.67. The summed E-state index contributed by atoms with van der Waals surface area (Å²) in [6.07, 6.45) is -2.76. The summed E-state index contributed by atoms with van der Waals surface area (Å²) in [4.78, 5) is 11.5. The van der Waals surface area contributed by atoms with Gasteiger partial charge >= 0.3 is 5.97 Å². The molecule has 0 aliphatic heterocycles. The third kappa shape index (κ3) is 1.95. The van der Waals surface area contributed by atoms with E-state index in [-0.39, 0.29) is 21.5 Å². The van der Waals surface area contributed by atoms with Crippen LogP contribution in [0.15, 0.2) is 12.1 Å². The Balaban J connectivity index is 2.78. The van der Waals surface area contributed by atoms with Gasteiger partial charge in [0.25, 0.3) is 6.43 Å². The van der Waals surface area contributed by atoms with Crippen molar-refractivity contribution in [2.75, 3.05) is 7.11 Å². The number of hydrogen-bond donors (Lipinski definition) is 1. The second-order valence-electron chi connectivity index (χ2n) is 3.28. The number of benzene rings is 1. The number of ether oxygens (including phenoxy) is 1. The molecule has 7 heteroatoms. The molecule has 0 unspecified atom stereocenters. The first-order valence-corrected chi connectivity index (χ1v) is 4.96. The van der Waals surface area contributed by atoms with Gasteiger partial charge in [0.05, 0.1) is 18.2 Å². The average Bonchev–Trinajstić information content (AvgIpc) is 2.70. The van der Waals surface area contributed by atoms with Gasteiger partial charge in [0, 0.05) is 10.4 Å². The highest BCUT2D eigenvalue weighted by Gasteiger charge is 2.22. The topological polar surface area (TPSA) is 55.0 Å². The molecule has 17 heavy (non-hydrogen) atoms. The fraction of sp³-hybridized carbons (Fsp3) is 0.200. The van der Waals surface area contributed by atoms with Crippen molar-refractivity contribution < 1.29 is 18.3 Å². The molecule has 0 saturated heterocycles. The lowest BCUT2D eigenvalue weighted by Crippen LogP contribution is -2.03. The molecule has 0 atom stereocenters. The largest absolute Gasteiger partial charge is 0.465 e. The van der Waals surface area contributed by atoms with Crippen molar-refractivity contribution in [3.63, 3.8) is 0 Å². The second kappa shape index (κ2) is 4.29. The molecule has 0 amide bonds. The Kier molecular flexibility index (Phi) is 2.97. The van der Waals surface area contributed by atoms with Crippen molar-refractivity contribution in [3.8, 4) is 0 Å². The molecular formula is C10H7ClF2N2O2. The van der Waals surface area contributed by atoms with E-state index in [1.54, 1.807) is 0 Å². The number of carbonyl (C=O) groups is 1. The highest BCUT2D eigenvalue weighted by Crippen LogP contribution is 2.31. The van der Waals surface area contributed by atoms with Crippen LogP contribution in [0.2, 0.25) is 5.02 Å². The lowest BCUT2D eigenvalue weighted by molar-refractivity contribution is 0.0603. The maximum Gasteiger partial charge on any atom is 0.338 e. The van der Waals surface area contributed by atoms with Crippen LogP contribution in [0, 0.1) is 0 Å². The normalized spacial score (nSPS) is 11.1. The molecule has 0 fully saturated rings. The van der Waals surface area contributed by atoms with Gasteiger partial charge in [0.1, 0.15) is 5.69 Å². The number of carbonyl (C=O) groups excluding carboxylic acids is 1. The third-order valence-electron chi connectivity index (χ3n) is 2.27. The number of nitrogens with zero attached hydrogens (tertiary/aromatic N) is 1. The quantitative estimate of drug-likeness (QED) is 0.845. The van der Waals surface area contributed by atoms with Gasteiger partial charge in [-0.05, 0) is 12.1 Å². The number of methoxy groups -OCH3 is 1. The van der Waals surface area contributed by atoms with Crippen LogP contribution in [0.5, 0.6) is 0 Å². The van der Waals surface area contributed by atoms with Crippen LogP contribution in [-0.4, -0.2) is 23.3 Å². The molecule has 1 aromatic heterocycles. The zero-order valence-electron chi connectivity index (χ0n) is 8.63. The maximum atomic E-state index is 12.7. The van der Waals surface area contributed by atoms with Crippen LogP contribution in [0.4, 0.5) is 8.78 Å². The molecule has 2 rings (SSSR count). The van der Waals surface area contributed by atoms with Gasteiger partial charge in [-0.1, -0.05) is 11.6 Å². The standard InChI is InChI=1S/C10H7ClF2N2O2/c1-17-10(16)5-2-4(11)3-6-7(5)8(9(12)13)15-14-6/h2-3,9H,1H3,(H,14,15). The van der Waals surface area contributed by atoms with Crippen molar-refractivity contribution in [1.29, 1.82) is 0 Å². The van der Waals surface area contributed by atoms with E-state index in [9.17, 15) is 13.6 Å². The van der Waals surface area contributed by atoms with Crippen LogP contribution >= 0.6 is 11.6 Å². The number of H-pyrrole nitrogens is 1. The minimum Gasteiger partial charge on any atom is -0.465 e. The number of nitrogens with one attached hydrogen (secondary N) is 1. The number of alkyl halides is 2. The smallest absolute Gasteiger partial charge is 0.338 e. The van der Waals surface area contributed by atoms with Crippen molar-refractivity contribution in [3.05, 3.63) is 28.4 Å². The first-order chi connectivity index (χ1) is 8.04. The molecule has 1 heterocycles. The fourth-order valence-electron chi connectivity index (χ4n) is 1.57. The zero-order chi connectivity index (χ0) is 12.6. The van der Waals surface area contributed by atoms with Gasteiger partial charge in [-0.2, -0.15) is 5.10 Å². The number of halogens is 3. The highest BCUT2D eigenvalue weighted by molar-refractivity contribution is 6.32. The van der Waals surface area contributed by atoms with E-state index >= 15 is 0 Å². The molecule has 0 radical (unpaired) electrons. The molecule has 1 N–H and O–H groups in total. The number of hydrogen-bond acceptors (Lipinski definition) is 3. The Labute approximate surface area is 99.5 Å². The van der Waals surface area contributed by atoms with Crippen LogP contribution in [-0.2, 0) is 4.74 Å². The lowest BCUT2D eigenvalue weighted by Gasteiger charge is -2.03. The van der Waals surface area contributed by atoms with E-state index < -0.39 is 18.1 Å². The number of esters is 1. The van der Waals surface area contributed by atoms with Gasteiger partial charge in [-0.15, -0.1) is 0 Å². The Morgan fingerprint density at radius 1 is 1.53 bits per heavy atom. The van der Waals surface area contributed by atoms with Gasteiger partial charge in [0.2, 0.25) is 0 Å². The molecule has 1 aromatic carbocycles. The summed E-state index contributed by atoms with van der Waals surface area (Å²) in [5.41, 5.74) is -0.246. The molecule has 0 bridgehead atoms. The van der Waals surface area contributed by atoms with E-state index in [1.165, 1.54) is 12.1 Å². The second-order valence-corrected chi connectivity index (χ2v) is 3.71. The SMILES string of the molecule is COC(=O)c1cc(Cl)cc2n[nH]c(C(F)F)c12. The van der Waals surface area contributed by atoms with Crippen LogP contribution in [0.3, 0.4) is 0 Å². The first-order valence-electron chi connectivity index (χ1n) is 4.58. The molecule has 0 spiro atoms. The summed E-state index contributed by atoms with van der Waals surface area (Å²) >= 11 is 5.76. The van der Waals surface area contributed by atoms with Crippen molar-refractivity contribution in [2.45, 2.75) is 6.43 Å². The van der Waals surface area contributed by atoms with Crippen molar-refractivity contribution in [1.82, 2.24) is 10.2 Å². The van der Waals surface area contributed by atoms with Crippen molar-refractivity contribution >= 4 is 28.5 Å². The number of fused-ring (bicyclic) bond motifs is 1. The fourth-order valence-corrected chi connectivity index (χ4v) is 1.78.